The van der Waals surface area contributed by atoms with Gasteiger partial charge in [-0.1, -0.05) is 62.9 Å². The minimum Gasteiger partial charge on any atom is -0.326 e. The summed E-state index contributed by atoms with van der Waals surface area (Å²) >= 11 is 1.66. The van der Waals surface area contributed by atoms with Gasteiger partial charge in [-0.3, -0.25) is 14.5 Å². The first kappa shape index (κ1) is 21.0. The highest BCUT2D eigenvalue weighted by Crippen LogP contribution is 2.43. The van der Waals surface area contributed by atoms with E-state index in [2.05, 4.69) is 18.3 Å². The number of aryl methyl sites for hydroxylation is 1. The summed E-state index contributed by atoms with van der Waals surface area (Å²) in [6, 6.07) is 16.1. The van der Waals surface area contributed by atoms with Gasteiger partial charge in [0.25, 0.3) is 0 Å². The number of nitrogens with one attached hydrogen (secondary N) is 1. The number of amides is 2. The third-order valence-corrected chi connectivity index (χ3v) is 7.45. The van der Waals surface area contributed by atoms with Gasteiger partial charge < -0.3 is 5.32 Å². The molecule has 2 aromatic carbocycles. The molecule has 4 nitrogen and oxygen atoms in total. The summed E-state index contributed by atoms with van der Waals surface area (Å²) in [6.07, 6.45) is 7.67. The van der Waals surface area contributed by atoms with Gasteiger partial charge in [0, 0.05) is 17.8 Å². The second-order valence-electron chi connectivity index (χ2n) is 8.27. The standard InChI is InChI=1S/C25H30N2O2S/c1-2-19-9-5-6-10-22(19)27-24(29)17-30-25(27)20-12-14-21(15-13-20)26-23(28)16-11-18-7-3-4-8-18/h5-6,9-10,12-15,18,25H,2-4,7-8,11,16-17H2,1H3,(H,26,28). The number of thioether (sulfide) groups is 1. The summed E-state index contributed by atoms with van der Waals surface area (Å²) in [5.41, 5.74) is 4.10. The molecule has 1 saturated carbocycles. The van der Waals surface area contributed by atoms with E-state index in [0.29, 0.717) is 12.2 Å². The van der Waals surface area contributed by atoms with Crippen LogP contribution in [-0.4, -0.2) is 17.6 Å². The van der Waals surface area contributed by atoms with Crippen molar-refractivity contribution in [2.75, 3.05) is 16.0 Å². The van der Waals surface area contributed by atoms with Crippen molar-refractivity contribution >= 4 is 35.0 Å². The molecule has 158 valence electrons. The normalized spacial score (nSPS) is 19.4. The molecule has 0 radical (unpaired) electrons. The summed E-state index contributed by atoms with van der Waals surface area (Å²) in [6.45, 7) is 2.12. The molecule has 30 heavy (non-hydrogen) atoms. The Bertz CT molecular complexity index is 890. The van der Waals surface area contributed by atoms with E-state index in [-0.39, 0.29) is 17.2 Å². The van der Waals surface area contributed by atoms with E-state index in [1.807, 2.05) is 47.4 Å². The number of para-hydroxylation sites is 1. The van der Waals surface area contributed by atoms with E-state index in [1.165, 1.54) is 31.2 Å². The fourth-order valence-electron chi connectivity index (χ4n) is 4.56. The molecule has 1 saturated heterocycles. The van der Waals surface area contributed by atoms with E-state index >= 15 is 0 Å². The number of carbonyl (C=O) groups is 2. The van der Waals surface area contributed by atoms with Gasteiger partial charge in [0.2, 0.25) is 11.8 Å². The Morgan fingerprint density at radius 3 is 2.57 bits per heavy atom. The van der Waals surface area contributed by atoms with Crippen molar-refractivity contribution in [3.8, 4) is 0 Å². The fraction of sp³-hybridized carbons (Fsp3) is 0.440. The van der Waals surface area contributed by atoms with Gasteiger partial charge in [0.05, 0.1) is 5.75 Å². The maximum absolute atomic E-state index is 12.7. The predicted octanol–water partition coefficient (Wildman–Crippen LogP) is 5.94. The van der Waals surface area contributed by atoms with Crippen molar-refractivity contribution < 1.29 is 9.59 Å². The molecule has 1 heterocycles. The van der Waals surface area contributed by atoms with Crippen LogP contribution in [0.5, 0.6) is 0 Å². The first-order valence-corrected chi connectivity index (χ1v) is 12.1. The zero-order valence-corrected chi connectivity index (χ0v) is 18.4. The summed E-state index contributed by atoms with van der Waals surface area (Å²) in [4.78, 5) is 26.9. The Morgan fingerprint density at radius 1 is 1.10 bits per heavy atom. The first-order chi connectivity index (χ1) is 14.7. The fourth-order valence-corrected chi connectivity index (χ4v) is 5.73. The molecule has 1 N–H and O–H groups in total. The first-order valence-electron chi connectivity index (χ1n) is 11.1. The largest absolute Gasteiger partial charge is 0.326 e. The number of hydrogen-bond donors (Lipinski definition) is 1. The van der Waals surface area contributed by atoms with Crippen molar-refractivity contribution in [1.29, 1.82) is 0 Å². The zero-order chi connectivity index (χ0) is 20.9. The molecule has 1 unspecified atom stereocenters. The average Bonchev–Trinajstić information content (AvgIpc) is 3.42. The van der Waals surface area contributed by atoms with E-state index in [1.54, 1.807) is 11.8 Å². The molecule has 0 bridgehead atoms. The van der Waals surface area contributed by atoms with Crippen molar-refractivity contribution in [2.24, 2.45) is 5.92 Å². The molecule has 2 aliphatic rings. The second kappa shape index (κ2) is 9.69. The number of hydrogen-bond acceptors (Lipinski definition) is 3. The van der Waals surface area contributed by atoms with Gasteiger partial charge in [-0.2, -0.15) is 0 Å². The van der Waals surface area contributed by atoms with Gasteiger partial charge in [-0.15, -0.1) is 11.8 Å². The monoisotopic (exact) mass is 422 g/mol. The Balaban J connectivity index is 1.42. The Hall–Kier alpha value is -2.27. The lowest BCUT2D eigenvalue weighted by Crippen LogP contribution is -2.28. The molecule has 0 spiro atoms. The van der Waals surface area contributed by atoms with Crippen LogP contribution < -0.4 is 10.2 Å². The zero-order valence-electron chi connectivity index (χ0n) is 17.6. The third-order valence-electron chi connectivity index (χ3n) is 6.23. The number of anilines is 2. The molecule has 2 amide bonds. The molecular weight excluding hydrogens is 392 g/mol. The molecule has 1 aliphatic heterocycles. The number of nitrogens with zero attached hydrogens (tertiary/aromatic N) is 1. The quantitative estimate of drug-likeness (QED) is 0.601. The predicted molar refractivity (Wildman–Crippen MR) is 125 cm³/mol. The highest BCUT2D eigenvalue weighted by atomic mass is 32.2. The lowest BCUT2D eigenvalue weighted by Gasteiger charge is -2.26. The molecule has 1 aliphatic carbocycles. The Morgan fingerprint density at radius 2 is 1.83 bits per heavy atom. The van der Waals surface area contributed by atoms with E-state index < -0.39 is 0 Å². The van der Waals surface area contributed by atoms with E-state index in [0.717, 1.165) is 35.7 Å². The van der Waals surface area contributed by atoms with Crippen LogP contribution in [0, 0.1) is 5.92 Å². The van der Waals surface area contributed by atoms with Crippen LogP contribution in [0.15, 0.2) is 48.5 Å². The van der Waals surface area contributed by atoms with Crippen molar-refractivity contribution in [3.05, 3.63) is 59.7 Å². The number of benzene rings is 2. The van der Waals surface area contributed by atoms with Crippen LogP contribution in [0.2, 0.25) is 0 Å². The van der Waals surface area contributed by atoms with E-state index in [4.69, 9.17) is 0 Å². The second-order valence-corrected chi connectivity index (χ2v) is 9.34. The minimum atomic E-state index is -0.0303. The smallest absolute Gasteiger partial charge is 0.238 e. The van der Waals surface area contributed by atoms with Crippen molar-refractivity contribution in [3.63, 3.8) is 0 Å². The lowest BCUT2D eigenvalue weighted by molar-refractivity contribution is -0.117. The lowest BCUT2D eigenvalue weighted by atomic mass is 10.0. The third kappa shape index (κ3) is 4.72. The average molecular weight is 423 g/mol. The number of rotatable bonds is 7. The van der Waals surface area contributed by atoms with Crippen LogP contribution in [0.1, 0.15) is 61.9 Å². The highest BCUT2D eigenvalue weighted by Gasteiger charge is 2.34. The minimum absolute atomic E-state index is 0.0303. The Kier molecular flexibility index (Phi) is 6.78. The summed E-state index contributed by atoms with van der Waals surface area (Å²) in [5, 5.41) is 3.00. The van der Waals surface area contributed by atoms with Crippen LogP contribution in [0.4, 0.5) is 11.4 Å². The van der Waals surface area contributed by atoms with Crippen LogP contribution in [0.25, 0.3) is 0 Å². The molecule has 2 aromatic rings. The topological polar surface area (TPSA) is 49.4 Å². The molecule has 1 atom stereocenters. The summed E-state index contributed by atoms with van der Waals surface area (Å²) in [5.74, 6) is 1.46. The van der Waals surface area contributed by atoms with Crippen molar-refractivity contribution in [2.45, 2.75) is 57.2 Å². The van der Waals surface area contributed by atoms with Crippen LogP contribution in [0.3, 0.4) is 0 Å². The van der Waals surface area contributed by atoms with Crippen LogP contribution >= 0.6 is 11.8 Å². The van der Waals surface area contributed by atoms with Gasteiger partial charge in [-0.25, -0.2) is 0 Å². The van der Waals surface area contributed by atoms with Gasteiger partial charge in [0.1, 0.15) is 5.37 Å². The number of carbonyl (C=O) groups excluding carboxylic acids is 2. The summed E-state index contributed by atoms with van der Waals surface area (Å²) in [7, 11) is 0. The molecule has 2 fully saturated rings. The van der Waals surface area contributed by atoms with Crippen molar-refractivity contribution in [1.82, 2.24) is 0 Å². The van der Waals surface area contributed by atoms with Crippen LogP contribution in [-0.2, 0) is 16.0 Å². The van der Waals surface area contributed by atoms with Gasteiger partial charge in [0.15, 0.2) is 0 Å². The Labute approximate surface area is 183 Å². The summed E-state index contributed by atoms with van der Waals surface area (Å²) < 4.78 is 0. The highest BCUT2D eigenvalue weighted by molar-refractivity contribution is 8.00. The maximum Gasteiger partial charge on any atom is 0.238 e. The SMILES string of the molecule is CCc1ccccc1N1C(=O)CSC1c1ccc(NC(=O)CCC2CCCC2)cc1. The van der Waals surface area contributed by atoms with E-state index in [9.17, 15) is 9.59 Å². The molecular formula is C25H30N2O2S. The van der Waals surface area contributed by atoms with Gasteiger partial charge >= 0.3 is 0 Å². The molecule has 5 heteroatoms. The molecule has 4 rings (SSSR count). The van der Waals surface area contributed by atoms with Gasteiger partial charge in [-0.05, 0) is 48.1 Å². The maximum atomic E-state index is 12.7. The molecule has 0 aromatic heterocycles.